The van der Waals surface area contributed by atoms with Crippen LogP contribution >= 0.6 is 23.4 Å². The lowest BCUT2D eigenvalue weighted by Gasteiger charge is -2.23. The van der Waals surface area contributed by atoms with Gasteiger partial charge in [-0.25, -0.2) is 4.98 Å². The number of amides is 2. The smallest absolute Gasteiger partial charge is 0.257 e. The van der Waals surface area contributed by atoms with Crippen LogP contribution in [0.1, 0.15) is 24.8 Å². The highest BCUT2D eigenvalue weighted by atomic mass is 35.5. The summed E-state index contributed by atoms with van der Waals surface area (Å²) >= 11 is 7.17. The minimum Gasteiger partial charge on any atom is -0.326 e. The Morgan fingerprint density at radius 1 is 1.36 bits per heavy atom. The van der Waals surface area contributed by atoms with Crippen molar-refractivity contribution in [2.24, 2.45) is 0 Å². The molecule has 1 aliphatic rings. The number of nitrogens with zero attached hydrogens (tertiary/aromatic N) is 1. The molecule has 0 saturated heterocycles. The van der Waals surface area contributed by atoms with E-state index < -0.39 is 17.4 Å². The van der Waals surface area contributed by atoms with Gasteiger partial charge in [-0.3, -0.25) is 14.4 Å². The number of thioether (sulfide) groups is 1. The van der Waals surface area contributed by atoms with E-state index in [1.54, 1.807) is 24.3 Å². The van der Waals surface area contributed by atoms with Crippen molar-refractivity contribution in [2.45, 2.75) is 24.4 Å². The molecule has 9 heteroatoms. The Balaban J connectivity index is 1.92. The van der Waals surface area contributed by atoms with Crippen molar-refractivity contribution in [3.63, 3.8) is 0 Å². The summed E-state index contributed by atoms with van der Waals surface area (Å²) in [5, 5.41) is 6.23. The number of nitrogens with one attached hydrogen (secondary N) is 3. The Morgan fingerprint density at radius 3 is 2.76 bits per heavy atom. The van der Waals surface area contributed by atoms with E-state index in [9.17, 15) is 14.4 Å². The molecule has 1 atom stereocenters. The minimum absolute atomic E-state index is 0.114. The van der Waals surface area contributed by atoms with Crippen LogP contribution in [0.2, 0.25) is 5.02 Å². The van der Waals surface area contributed by atoms with Crippen LogP contribution in [0, 0.1) is 0 Å². The van der Waals surface area contributed by atoms with Crippen molar-refractivity contribution in [3.05, 3.63) is 45.2 Å². The van der Waals surface area contributed by atoms with Gasteiger partial charge in [-0.15, -0.1) is 0 Å². The van der Waals surface area contributed by atoms with Gasteiger partial charge in [-0.2, -0.15) is 0 Å². The first-order chi connectivity index (χ1) is 12.0. The maximum Gasteiger partial charge on any atom is 0.257 e. The molecule has 0 aliphatic carbocycles. The summed E-state index contributed by atoms with van der Waals surface area (Å²) < 4.78 is 0. The molecule has 3 rings (SSSR count). The van der Waals surface area contributed by atoms with E-state index in [1.165, 1.54) is 11.8 Å². The van der Waals surface area contributed by atoms with Gasteiger partial charge in [0, 0.05) is 17.1 Å². The summed E-state index contributed by atoms with van der Waals surface area (Å²) in [5.74, 6) is -0.838. The number of hydrogen-bond acceptors (Lipinski definition) is 5. The van der Waals surface area contributed by atoms with Crippen LogP contribution < -0.4 is 16.2 Å². The van der Waals surface area contributed by atoms with E-state index in [1.807, 2.05) is 6.92 Å². The highest BCUT2D eigenvalue weighted by molar-refractivity contribution is 7.99. The first kappa shape index (κ1) is 17.5. The van der Waals surface area contributed by atoms with Crippen molar-refractivity contribution in [1.29, 1.82) is 0 Å². The van der Waals surface area contributed by atoms with Crippen LogP contribution in [-0.2, 0) is 9.59 Å². The molecule has 0 radical (unpaired) electrons. The van der Waals surface area contributed by atoms with Crippen LogP contribution in [0.15, 0.2) is 34.2 Å². The highest BCUT2D eigenvalue weighted by Crippen LogP contribution is 2.30. The Morgan fingerprint density at radius 2 is 2.08 bits per heavy atom. The first-order valence-corrected chi connectivity index (χ1v) is 8.97. The van der Waals surface area contributed by atoms with E-state index >= 15 is 0 Å². The summed E-state index contributed by atoms with van der Waals surface area (Å²) in [6.45, 7) is 1.92. The van der Waals surface area contributed by atoms with Crippen LogP contribution in [0.25, 0.3) is 0 Å². The molecule has 1 aliphatic heterocycles. The lowest BCUT2D eigenvalue weighted by Crippen LogP contribution is -2.36. The Kier molecular flexibility index (Phi) is 5.10. The maximum atomic E-state index is 12.6. The third-order valence-electron chi connectivity index (χ3n) is 3.64. The molecule has 0 spiro atoms. The molecule has 0 bridgehead atoms. The quantitative estimate of drug-likeness (QED) is 0.560. The number of H-pyrrole nitrogens is 1. The van der Waals surface area contributed by atoms with Gasteiger partial charge in [0.15, 0.2) is 5.16 Å². The number of rotatable bonds is 4. The fraction of sp³-hybridized carbons (Fsp3) is 0.250. The predicted molar refractivity (Wildman–Crippen MR) is 97.3 cm³/mol. The topological polar surface area (TPSA) is 104 Å². The summed E-state index contributed by atoms with van der Waals surface area (Å²) in [6.07, 6.45) is -0.114. The number of anilines is 2. The third kappa shape index (κ3) is 3.85. The van der Waals surface area contributed by atoms with Crippen molar-refractivity contribution in [2.75, 3.05) is 16.4 Å². The molecule has 2 heterocycles. The number of carbonyl (C=O) groups excluding carboxylic acids is 2. The number of carbonyl (C=O) groups is 2. The fourth-order valence-corrected chi connectivity index (χ4v) is 3.26. The molecule has 1 aromatic heterocycles. The zero-order valence-electron chi connectivity index (χ0n) is 13.3. The average Bonchev–Trinajstić information content (AvgIpc) is 2.56. The third-order valence-corrected chi connectivity index (χ3v) is 4.65. The van der Waals surface area contributed by atoms with E-state index in [4.69, 9.17) is 11.6 Å². The van der Waals surface area contributed by atoms with Gasteiger partial charge in [-0.05, 0) is 30.0 Å². The van der Waals surface area contributed by atoms with Crippen LogP contribution in [-0.4, -0.2) is 27.5 Å². The predicted octanol–water partition coefficient (Wildman–Crippen LogP) is 2.60. The van der Waals surface area contributed by atoms with Gasteiger partial charge in [0.05, 0.1) is 11.5 Å². The van der Waals surface area contributed by atoms with Gasteiger partial charge in [0.25, 0.3) is 5.56 Å². The standard InChI is InChI=1S/C16H15ClN4O3S/c1-2-25-16-20-13-12(15(24)21-16)10(7-11(22)19-13)14(23)18-9-5-3-8(17)4-6-9/h3-6,10H,2,7H2,1H3,(H,18,23)(H2,19,20,21,22,24)/t10-/m0/s1. The Hall–Kier alpha value is -2.32. The van der Waals surface area contributed by atoms with Crippen LogP contribution in [0.3, 0.4) is 0 Å². The Bertz CT molecular complexity index is 882. The SMILES string of the molecule is CCSc1nc2c(c(=O)[nH]1)[C@@H](C(=O)Nc1ccc(Cl)cc1)CC(=O)N2. The largest absolute Gasteiger partial charge is 0.326 e. The molecule has 130 valence electrons. The molecule has 2 aromatic rings. The lowest BCUT2D eigenvalue weighted by molar-refractivity contribution is -0.123. The molecule has 7 nitrogen and oxygen atoms in total. The molecule has 2 amide bonds. The summed E-state index contributed by atoms with van der Waals surface area (Å²) in [4.78, 5) is 43.9. The first-order valence-electron chi connectivity index (χ1n) is 7.61. The molecule has 0 unspecified atom stereocenters. The second-order valence-electron chi connectivity index (χ2n) is 5.37. The zero-order valence-corrected chi connectivity index (χ0v) is 14.8. The second-order valence-corrected chi connectivity index (χ2v) is 7.06. The molecule has 1 aromatic carbocycles. The highest BCUT2D eigenvalue weighted by Gasteiger charge is 2.34. The fourth-order valence-electron chi connectivity index (χ4n) is 2.54. The Labute approximate surface area is 152 Å². The molecule has 0 saturated carbocycles. The molecule has 3 N–H and O–H groups in total. The number of fused-ring (bicyclic) bond motifs is 1. The van der Waals surface area contributed by atoms with Crippen molar-refractivity contribution < 1.29 is 9.59 Å². The zero-order chi connectivity index (χ0) is 18.0. The van der Waals surface area contributed by atoms with Crippen LogP contribution in [0.4, 0.5) is 11.5 Å². The second kappa shape index (κ2) is 7.28. The number of halogens is 1. The monoisotopic (exact) mass is 378 g/mol. The molecule has 0 fully saturated rings. The summed E-state index contributed by atoms with van der Waals surface area (Å²) in [6, 6.07) is 6.57. The van der Waals surface area contributed by atoms with Crippen molar-refractivity contribution in [3.8, 4) is 0 Å². The van der Waals surface area contributed by atoms with E-state index in [2.05, 4.69) is 20.6 Å². The molecule has 25 heavy (non-hydrogen) atoms. The number of aromatic nitrogens is 2. The molecular formula is C16H15ClN4O3S. The number of aromatic amines is 1. The van der Waals surface area contributed by atoms with Gasteiger partial charge >= 0.3 is 0 Å². The van der Waals surface area contributed by atoms with Gasteiger partial charge in [0.2, 0.25) is 11.8 Å². The lowest BCUT2D eigenvalue weighted by atomic mass is 9.92. The van der Waals surface area contributed by atoms with Gasteiger partial charge in [0.1, 0.15) is 5.82 Å². The number of hydrogen-bond donors (Lipinski definition) is 3. The maximum absolute atomic E-state index is 12.6. The van der Waals surface area contributed by atoms with E-state index in [0.717, 1.165) is 5.75 Å². The number of benzene rings is 1. The van der Waals surface area contributed by atoms with Crippen LogP contribution in [0.5, 0.6) is 0 Å². The van der Waals surface area contributed by atoms with Crippen molar-refractivity contribution >= 4 is 46.7 Å². The molecular weight excluding hydrogens is 364 g/mol. The average molecular weight is 379 g/mol. The van der Waals surface area contributed by atoms with E-state index in [0.29, 0.717) is 15.9 Å². The van der Waals surface area contributed by atoms with Gasteiger partial charge in [-0.1, -0.05) is 30.3 Å². The van der Waals surface area contributed by atoms with Gasteiger partial charge < -0.3 is 15.6 Å². The summed E-state index contributed by atoms with van der Waals surface area (Å²) in [5.41, 5.74) is 0.285. The van der Waals surface area contributed by atoms with Crippen molar-refractivity contribution in [1.82, 2.24) is 9.97 Å². The minimum atomic E-state index is -0.906. The normalized spacial score (nSPS) is 16.1. The van der Waals surface area contributed by atoms with E-state index in [-0.39, 0.29) is 23.7 Å². The summed E-state index contributed by atoms with van der Waals surface area (Å²) in [7, 11) is 0.